The Bertz CT molecular complexity index is 986. The molecule has 7 nitrogen and oxygen atoms in total. The van der Waals surface area contributed by atoms with E-state index in [1.807, 2.05) is 0 Å². The van der Waals surface area contributed by atoms with Gasteiger partial charge in [-0.1, -0.05) is 17.8 Å². The van der Waals surface area contributed by atoms with Crippen LogP contribution in [0.1, 0.15) is 19.3 Å². The topological polar surface area (TPSA) is 73.8 Å². The summed E-state index contributed by atoms with van der Waals surface area (Å²) in [5.74, 6) is -0.378. The summed E-state index contributed by atoms with van der Waals surface area (Å²) in [6.45, 7) is 2.71. The van der Waals surface area contributed by atoms with Crippen LogP contribution in [-0.4, -0.2) is 73.5 Å². The number of amides is 1. The molecule has 152 valence electrons. The van der Waals surface area contributed by atoms with Gasteiger partial charge in [0.1, 0.15) is 11.9 Å². The van der Waals surface area contributed by atoms with Crippen molar-refractivity contribution in [1.82, 2.24) is 14.2 Å². The third-order valence-corrected chi connectivity index (χ3v) is 7.73. The van der Waals surface area contributed by atoms with Gasteiger partial charge in [0.05, 0.1) is 16.5 Å². The molecule has 1 amide bonds. The van der Waals surface area contributed by atoms with Crippen molar-refractivity contribution < 1.29 is 17.6 Å². The minimum atomic E-state index is -3.39. The van der Waals surface area contributed by atoms with E-state index in [1.165, 1.54) is 34.0 Å². The van der Waals surface area contributed by atoms with Crippen LogP contribution >= 0.6 is 11.3 Å². The van der Waals surface area contributed by atoms with Crippen LogP contribution in [0.4, 0.5) is 9.52 Å². The van der Waals surface area contributed by atoms with Gasteiger partial charge in [-0.3, -0.25) is 4.79 Å². The summed E-state index contributed by atoms with van der Waals surface area (Å²) in [6, 6.07) is 3.98. The fourth-order valence-corrected chi connectivity index (χ4v) is 6.06. The Morgan fingerprint density at radius 2 is 1.93 bits per heavy atom. The molecule has 2 fully saturated rings. The molecule has 1 unspecified atom stereocenters. The molecule has 2 aromatic rings. The van der Waals surface area contributed by atoms with Gasteiger partial charge in [-0.25, -0.2) is 17.8 Å². The summed E-state index contributed by atoms with van der Waals surface area (Å²) in [4.78, 5) is 21.4. The zero-order valence-corrected chi connectivity index (χ0v) is 17.3. The van der Waals surface area contributed by atoms with Crippen molar-refractivity contribution in [3.63, 3.8) is 0 Å². The zero-order valence-electron chi connectivity index (χ0n) is 15.7. The van der Waals surface area contributed by atoms with Crippen LogP contribution in [0.2, 0.25) is 0 Å². The Kier molecular flexibility index (Phi) is 5.28. The number of piperazine rings is 1. The summed E-state index contributed by atoms with van der Waals surface area (Å²) in [7, 11) is -3.39. The highest BCUT2D eigenvalue weighted by Gasteiger charge is 2.37. The monoisotopic (exact) mass is 426 g/mol. The van der Waals surface area contributed by atoms with Crippen LogP contribution in [0.15, 0.2) is 18.2 Å². The summed E-state index contributed by atoms with van der Waals surface area (Å²) in [5, 5.41) is 0.822. The van der Waals surface area contributed by atoms with Crippen molar-refractivity contribution in [2.24, 2.45) is 0 Å². The van der Waals surface area contributed by atoms with Gasteiger partial charge in [0.15, 0.2) is 5.13 Å². The minimum Gasteiger partial charge on any atom is -0.345 e. The number of anilines is 1. The van der Waals surface area contributed by atoms with Crippen molar-refractivity contribution in [1.29, 1.82) is 0 Å². The van der Waals surface area contributed by atoms with E-state index in [4.69, 9.17) is 0 Å². The maximum Gasteiger partial charge on any atom is 0.241 e. The first-order valence-electron chi connectivity index (χ1n) is 9.39. The van der Waals surface area contributed by atoms with Crippen molar-refractivity contribution >= 4 is 42.6 Å². The van der Waals surface area contributed by atoms with Crippen LogP contribution < -0.4 is 4.90 Å². The zero-order chi connectivity index (χ0) is 19.9. The third-order valence-electron chi connectivity index (χ3n) is 5.37. The molecule has 1 aromatic carbocycles. The van der Waals surface area contributed by atoms with Crippen LogP contribution in [0.25, 0.3) is 10.2 Å². The second-order valence-electron chi connectivity index (χ2n) is 7.31. The Morgan fingerprint density at radius 1 is 1.18 bits per heavy atom. The first kappa shape index (κ1) is 19.5. The van der Waals surface area contributed by atoms with Crippen molar-refractivity contribution in [2.45, 2.75) is 25.3 Å². The van der Waals surface area contributed by atoms with E-state index in [-0.39, 0.29) is 11.7 Å². The van der Waals surface area contributed by atoms with Gasteiger partial charge >= 0.3 is 0 Å². The molecule has 2 aliphatic rings. The number of benzene rings is 1. The molecule has 10 heteroatoms. The molecule has 1 aromatic heterocycles. The van der Waals surface area contributed by atoms with Gasteiger partial charge in [0, 0.05) is 32.7 Å². The van der Waals surface area contributed by atoms with Crippen molar-refractivity contribution in [2.75, 3.05) is 43.9 Å². The van der Waals surface area contributed by atoms with E-state index in [0.29, 0.717) is 39.1 Å². The van der Waals surface area contributed by atoms with Crippen molar-refractivity contribution in [3.8, 4) is 0 Å². The van der Waals surface area contributed by atoms with Gasteiger partial charge in [0.25, 0.3) is 0 Å². The third kappa shape index (κ3) is 3.85. The van der Waals surface area contributed by atoms with E-state index < -0.39 is 16.1 Å². The molecule has 0 bridgehead atoms. The highest BCUT2D eigenvalue weighted by molar-refractivity contribution is 7.88. The largest absolute Gasteiger partial charge is 0.345 e. The van der Waals surface area contributed by atoms with E-state index in [1.54, 1.807) is 11.0 Å². The average Bonchev–Trinajstić information content (AvgIpc) is 3.10. The number of carbonyl (C=O) groups excluding carboxylic acids is 1. The first-order chi connectivity index (χ1) is 13.3. The number of fused-ring (bicyclic) bond motifs is 1. The lowest BCUT2D eigenvalue weighted by Crippen LogP contribution is -2.57. The molecule has 0 radical (unpaired) electrons. The van der Waals surface area contributed by atoms with E-state index >= 15 is 0 Å². The number of piperidine rings is 1. The Labute approximate surface area is 167 Å². The Morgan fingerprint density at radius 3 is 2.64 bits per heavy atom. The SMILES string of the molecule is CS(=O)(=O)N1CCCCC1C(=O)N1CCN(c2nc3ccc(F)cc3s2)CC1. The lowest BCUT2D eigenvalue weighted by atomic mass is 10.0. The molecule has 3 heterocycles. The fourth-order valence-electron chi connectivity index (χ4n) is 3.90. The van der Waals surface area contributed by atoms with E-state index in [9.17, 15) is 17.6 Å². The lowest BCUT2D eigenvalue weighted by molar-refractivity contribution is -0.136. The molecular weight excluding hydrogens is 403 g/mol. The lowest BCUT2D eigenvalue weighted by Gasteiger charge is -2.39. The fraction of sp³-hybridized carbons (Fsp3) is 0.556. The van der Waals surface area contributed by atoms with E-state index in [2.05, 4.69) is 9.88 Å². The number of thiazole rings is 1. The number of hydrogen-bond acceptors (Lipinski definition) is 6. The molecule has 1 atom stereocenters. The van der Waals surface area contributed by atoms with Gasteiger partial charge in [-0.2, -0.15) is 4.31 Å². The number of aromatic nitrogens is 1. The quantitative estimate of drug-likeness (QED) is 0.750. The standard InChI is InChI=1S/C18H23FN4O3S2/c1-28(25,26)23-7-3-2-4-15(23)17(24)21-8-10-22(11-9-21)18-20-14-6-5-13(19)12-16(14)27-18/h5-6,12,15H,2-4,7-11H2,1H3. The highest BCUT2D eigenvalue weighted by atomic mass is 32.2. The van der Waals surface area contributed by atoms with Gasteiger partial charge in [0.2, 0.25) is 15.9 Å². The van der Waals surface area contributed by atoms with E-state index in [0.717, 1.165) is 28.2 Å². The number of rotatable bonds is 3. The van der Waals surface area contributed by atoms with Crippen LogP contribution in [0, 0.1) is 5.82 Å². The number of halogens is 1. The molecule has 0 spiro atoms. The number of hydrogen-bond donors (Lipinski definition) is 0. The average molecular weight is 427 g/mol. The molecule has 0 N–H and O–H groups in total. The van der Waals surface area contributed by atoms with Gasteiger partial charge < -0.3 is 9.80 Å². The number of sulfonamides is 1. The number of nitrogens with zero attached hydrogens (tertiary/aromatic N) is 4. The summed E-state index contributed by atoms with van der Waals surface area (Å²) < 4.78 is 39.6. The van der Waals surface area contributed by atoms with Crippen LogP contribution in [-0.2, 0) is 14.8 Å². The first-order valence-corrected chi connectivity index (χ1v) is 12.1. The predicted molar refractivity (Wildman–Crippen MR) is 108 cm³/mol. The Balaban J connectivity index is 1.43. The molecule has 0 saturated carbocycles. The molecular formula is C18H23FN4O3S2. The number of carbonyl (C=O) groups is 1. The second-order valence-corrected chi connectivity index (χ2v) is 10.3. The van der Waals surface area contributed by atoms with Crippen LogP contribution in [0.5, 0.6) is 0 Å². The van der Waals surface area contributed by atoms with Crippen LogP contribution in [0.3, 0.4) is 0 Å². The second kappa shape index (κ2) is 7.57. The molecule has 2 aliphatic heterocycles. The summed E-state index contributed by atoms with van der Waals surface area (Å²) in [6.07, 6.45) is 3.41. The minimum absolute atomic E-state index is 0.101. The summed E-state index contributed by atoms with van der Waals surface area (Å²) >= 11 is 1.44. The van der Waals surface area contributed by atoms with Gasteiger partial charge in [-0.05, 0) is 31.0 Å². The summed E-state index contributed by atoms with van der Waals surface area (Å²) in [5.41, 5.74) is 0.769. The molecule has 4 rings (SSSR count). The molecule has 28 heavy (non-hydrogen) atoms. The van der Waals surface area contributed by atoms with Gasteiger partial charge in [-0.15, -0.1) is 0 Å². The molecule has 2 saturated heterocycles. The maximum absolute atomic E-state index is 13.4. The highest BCUT2D eigenvalue weighted by Crippen LogP contribution is 2.30. The maximum atomic E-state index is 13.4. The Hall–Kier alpha value is -1.78. The van der Waals surface area contributed by atoms with Crippen molar-refractivity contribution in [3.05, 3.63) is 24.0 Å². The predicted octanol–water partition coefficient (Wildman–Crippen LogP) is 1.90. The molecule has 0 aliphatic carbocycles. The normalized spacial score (nSPS) is 22.0. The smallest absolute Gasteiger partial charge is 0.241 e.